The Kier molecular flexibility index (Phi) is 10.0. The SMILES string of the molecule is C/C(=C(/C#N)S(=O)(=O)NC[C@H]1OC(CCO)[C@H](C)[C@@H](O)[C@@H]1O)c1ccc(-c2ccc3cc(N4CCN(C)CC4)ccc3c2)n1C. The van der Waals surface area contributed by atoms with Gasteiger partial charge in [-0.2, -0.15) is 5.26 Å². The first-order valence-electron chi connectivity index (χ1n) is 15.3. The fraction of sp³-hybridized carbons (Fsp3) is 0.485. The fourth-order valence-corrected chi connectivity index (χ4v) is 7.52. The molecule has 3 aromatic rings. The summed E-state index contributed by atoms with van der Waals surface area (Å²) in [6, 6.07) is 18.3. The van der Waals surface area contributed by atoms with E-state index in [2.05, 4.69) is 51.9 Å². The van der Waals surface area contributed by atoms with Crippen LogP contribution in [0.4, 0.5) is 5.69 Å². The van der Waals surface area contributed by atoms with Crippen molar-refractivity contribution in [2.24, 2.45) is 13.0 Å². The third kappa shape index (κ3) is 6.80. The maximum Gasteiger partial charge on any atom is 0.251 e. The molecule has 2 fully saturated rings. The van der Waals surface area contributed by atoms with Crippen molar-refractivity contribution >= 4 is 32.1 Å². The summed E-state index contributed by atoms with van der Waals surface area (Å²) in [6.45, 7) is 6.85. The Bertz CT molecular complexity index is 1710. The predicted octanol–water partition coefficient (Wildman–Crippen LogP) is 2.28. The zero-order valence-corrected chi connectivity index (χ0v) is 27.0. The minimum absolute atomic E-state index is 0.174. The number of aromatic nitrogens is 1. The van der Waals surface area contributed by atoms with E-state index in [-0.39, 0.29) is 25.1 Å². The molecular formula is C33H43N5O6S. The number of piperazine rings is 1. The van der Waals surface area contributed by atoms with Gasteiger partial charge < -0.3 is 34.4 Å². The summed E-state index contributed by atoms with van der Waals surface area (Å²) in [5.41, 5.74) is 3.88. The molecule has 5 rings (SSSR count). The van der Waals surface area contributed by atoms with Gasteiger partial charge in [0.1, 0.15) is 12.2 Å². The monoisotopic (exact) mass is 637 g/mol. The van der Waals surface area contributed by atoms with Crippen LogP contribution in [0.3, 0.4) is 0 Å². The van der Waals surface area contributed by atoms with Crippen molar-refractivity contribution in [1.29, 1.82) is 5.26 Å². The number of nitrogens with one attached hydrogen (secondary N) is 1. The maximum absolute atomic E-state index is 13.3. The van der Waals surface area contributed by atoms with Crippen LogP contribution < -0.4 is 9.62 Å². The van der Waals surface area contributed by atoms with E-state index in [1.165, 1.54) is 5.69 Å². The molecule has 1 unspecified atom stereocenters. The molecule has 4 N–H and O–H groups in total. The van der Waals surface area contributed by atoms with Crippen LogP contribution in [-0.4, -0.2) is 104 Å². The number of aliphatic hydroxyl groups excluding tert-OH is 3. The Labute approximate surface area is 265 Å². The fourth-order valence-electron chi connectivity index (χ4n) is 6.36. The highest BCUT2D eigenvalue weighted by Gasteiger charge is 2.42. The number of hydrogen-bond donors (Lipinski definition) is 4. The molecule has 0 amide bonds. The number of nitriles is 1. The number of nitrogens with zero attached hydrogens (tertiary/aromatic N) is 4. The van der Waals surface area contributed by atoms with E-state index < -0.39 is 45.3 Å². The number of hydrogen-bond acceptors (Lipinski definition) is 9. The molecule has 0 radical (unpaired) electrons. The molecule has 2 aliphatic heterocycles. The molecule has 0 spiro atoms. The third-order valence-electron chi connectivity index (χ3n) is 9.30. The molecule has 0 saturated carbocycles. The van der Waals surface area contributed by atoms with Crippen LogP contribution in [0.25, 0.3) is 27.6 Å². The molecule has 5 atom stereocenters. The van der Waals surface area contributed by atoms with Crippen LogP contribution in [0.5, 0.6) is 0 Å². The average molecular weight is 638 g/mol. The van der Waals surface area contributed by atoms with Crippen molar-refractivity contribution < 1.29 is 28.5 Å². The van der Waals surface area contributed by atoms with E-state index in [4.69, 9.17) is 4.74 Å². The zero-order chi connectivity index (χ0) is 32.5. The Morgan fingerprint density at radius 2 is 1.69 bits per heavy atom. The van der Waals surface area contributed by atoms with Crippen LogP contribution in [0.1, 0.15) is 26.0 Å². The zero-order valence-electron chi connectivity index (χ0n) is 26.2. The van der Waals surface area contributed by atoms with Crippen LogP contribution in [-0.2, 0) is 21.8 Å². The van der Waals surface area contributed by atoms with Crippen molar-refractivity contribution in [2.45, 2.75) is 44.7 Å². The molecule has 1 aromatic heterocycles. The smallest absolute Gasteiger partial charge is 0.251 e. The van der Waals surface area contributed by atoms with Gasteiger partial charge in [0.25, 0.3) is 10.0 Å². The summed E-state index contributed by atoms with van der Waals surface area (Å²) >= 11 is 0. The predicted molar refractivity (Wildman–Crippen MR) is 175 cm³/mol. The van der Waals surface area contributed by atoms with Crippen molar-refractivity contribution in [2.75, 3.05) is 51.3 Å². The lowest BCUT2D eigenvalue weighted by atomic mass is 9.87. The van der Waals surface area contributed by atoms with E-state index in [1.54, 1.807) is 19.9 Å². The molecular weight excluding hydrogens is 594 g/mol. The lowest BCUT2D eigenvalue weighted by Gasteiger charge is -2.41. The van der Waals surface area contributed by atoms with Crippen molar-refractivity contribution in [3.05, 3.63) is 59.1 Å². The minimum atomic E-state index is -4.29. The van der Waals surface area contributed by atoms with Gasteiger partial charge in [0, 0.05) is 74.9 Å². The normalized spacial score (nSPS) is 25.3. The van der Waals surface area contributed by atoms with E-state index in [0.717, 1.165) is 48.2 Å². The van der Waals surface area contributed by atoms with Gasteiger partial charge in [-0.25, -0.2) is 13.1 Å². The highest BCUT2D eigenvalue weighted by molar-refractivity contribution is 7.93. The van der Waals surface area contributed by atoms with Crippen LogP contribution in [0, 0.1) is 17.2 Å². The quantitative estimate of drug-likeness (QED) is 0.259. The second-order valence-electron chi connectivity index (χ2n) is 12.2. The van der Waals surface area contributed by atoms with Crippen molar-refractivity contribution in [3.8, 4) is 17.3 Å². The highest BCUT2D eigenvalue weighted by Crippen LogP contribution is 2.32. The number of ether oxygens (including phenoxy) is 1. The topological polar surface area (TPSA) is 151 Å². The van der Waals surface area contributed by atoms with E-state index >= 15 is 0 Å². The largest absolute Gasteiger partial charge is 0.396 e. The lowest BCUT2D eigenvalue weighted by molar-refractivity contribution is -0.196. The molecule has 3 heterocycles. The first kappa shape index (κ1) is 33.1. The first-order chi connectivity index (χ1) is 21.4. The van der Waals surface area contributed by atoms with Gasteiger partial charge in [0.05, 0.1) is 18.3 Å². The van der Waals surface area contributed by atoms with Gasteiger partial charge in [0.15, 0.2) is 4.91 Å². The molecule has 12 heteroatoms. The van der Waals surface area contributed by atoms with Gasteiger partial charge in [-0.1, -0.05) is 25.1 Å². The van der Waals surface area contributed by atoms with Crippen LogP contribution >= 0.6 is 0 Å². The average Bonchev–Trinajstić information content (AvgIpc) is 3.41. The van der Waals surface area contributed by atoms with E-state index in [9.17, 15) is 29.0 Å². The molecule has 0 aliphatic carbocycles. The summed E-state index contributed by atoms with van der Waals surface area (Å²) in [5.74, 6) is -0.439. The van der Waals surface area contributed by atoms with E-state index in [1.807, 2.05) is 29.8 Å². The number of aliphatic hydroxyl groups is 3. The van der Waals surface area contributed by atoms with Crippen LogP contribution in [0.15, 0.2) is 53.4 Å². The van der Waals surface area contributed by atoms with Gasteiger partial charge in [-0.05, 0) is 67.1 Å². The van der Waals surface area contributed by atoms with Crippen LogP contribution in [0.2, 0.25) is 0 Å². The molecule has 2 saturated heterocycles. The number of rotatable bonds is 9. The maximum atomic E-state index is 13.3. The summed E-state index contributed by atoms with van der Waals surface area (Å²) < 4.78 is 36.7. The molecule has 0 bridgehead atoms. The standard InChI is InChI=1S/C33H43N5O6S/c1-21(31(19-34)45(42,43)35-20-30-33(41)32(40)22(2)29(44-30)11-16-39)27-9-10-28(37(27)4)25-6-5-24-18-26(8-7-23(24)17-25)38-14-12-36(3)13-15-38/h5-10,17-18,22,29-30,32-33,35,39-41H,11-16,20H2,1-4H3/b31-21+/t22-,29?,30+,32+,33+/m0/s1. The Morgan fingerprint density at radius 1 is 1.00 bits per heavy atom. The number of benzene rings is 2. The van der Waals surface area contributed by atoms with Gasteiger partial charge in [-0.15, -0.1) is 0 Å². The van der Waals surface area contributed by atoms with Gasteiger partial charge in [-0.3, -0.25) is 0 Å². The molecule has 242 valence electrons. The highest BCUT2D eigenvalue weighted by atomic mass is 32.2. The Morgan fingerprint density at radius 3 is 2.38 bits per heavy atom. The summed E-state index contributed by atoms with van der Waals surface area (Å²) in [6.07, 6.45) is -3.83. The molecule has 2 aromatic carbocycles. The van der Waals surface area contributed by atoms with Crippen molar-refractivity contribution in [1.82, 2.24) is 14.2 Å². The van der Waals surface area contributed by atoms with Gasteiger partial charge >= 0.3 is 0 Å². The molecule has 2 aliphatic rings. The summed E-state index contributed by atoms with van der Waals surface area (Å²) in [7, 11) is -0.317. The number of likely N-dealkylation sites (N-methyl/N-ethyl adjacent to an activating group) is 1. The number of fused-ring (bicyclic) bond motifs is 1. The summed E-state index contributed by atoms with van der Waals surface area (Å²) in [4.78, 5) is 4.29. The number of anilines is 1. The second kappa shape index (κ2) is 13.6. The summed E-state index contributed by atoms with van der Waals surface area (Å²) in [5, 5.41) is 42.5. The van der Waals surface area contributed by atoms with Crippen molar-refractivity contribution in [3.63, 3.8) is 0 Å². The number of sulfonamides is 1. The molecule has 45 heavy (non-hydrogen) atoms. The Balaban J connectivity index is 1.35. The van der Waals surface area contributed by atoms with E-state index in [0.29, 0.717) is 5.69 Å². The number of allylic oxidation sites excluding steroid dienone is 2. The van der Waals surface area contributed by atoms with Gasteiger partial charge in [0.2, 0.25) is 0 Å². The first-order valence-corrected chi connectivity index (χ1v) is 16.8. The third-order valence-corrected chi connectivity index (χ3v) is 10.8. The lowest BCUT2D eigenvalue weighted by Crippen LogP contribution is -2.56. The minimum Gasteiger partial charge on any atom is -0.396 e. The second-order valence-corrected chi connectivity index (χ2v) is 13.9. The molecule has 11 nitrogen and oxygen atoms in total. The Hall–Kier alpha value is -3.28.